The van der Waals surface area contributed by atoms with Gasteiger partial charge in [-0.15, -0.1) is 0 Å². The van der Waals surface area contributed by atoms with Crippen LogP contribution in [0, 0.1) is 5.92 Å². The zero-order valence-electron chi connectivity index (χ0n) is 17.8. The first-order valence-corrected chi connectivity index (χ1v) is 10.4. The molecule has 31 heavy (non-hydrogen) atoms. The van der Waals surface area contributed by atoms with Crippen molar-refractivity contribution in [1.82, 2.24) is 20.4 Å². The predicted octanol–water partition coefficient (Wildman–Crippen LogP) is 0.699. The molecule has 5 amide bonds. The molecule has 1 atom stereocenters. The smallest absolute Gasteiger partial charge is 0.317 e. The molecule has 1 fully saturated rings. The molecule has 10 heteroatoms. The van der Waals surface area contributed by atoms with Crippen molar-refractivity contribution in [2.45, 2.75) is 31.8 Å². The fourth-order valence-corrected chi connectivity index (χ4v) is 4.45. The highest BCUT2D eigenvalue weighted by Gasteiger charge is 2.45. The van der Waals surface area contributed by atoms with Gasteiger partial charge in [0, 0.05) is 31.7 Å². The third kappa shape index (κ3) is 4.57. The first-order chi connectivity index (χ1) is 14.8. The summed E-state index contributed by atoms with van der Waals surface area (Å²) in [6.07, 6.45) is 1.68. The predicted molar refractivity (Wildman–Crippen MR) is 113 cm³/mol. The van der Waals surface area contributed by atoms with Gasteiger partial charge in [-0.1, -0.05) is 0 Å². The minimum atomic E-state index is -1.33. The van der Waals surface area contributed by atoms with E-state index in [1.165, 1.54) is 0 Å². The Morgan fingerprint density at radius 1 is 1.32 bits per heavy atom. The maximum Gasteiger partial charge on any atom is 0.317 e. The van der Waals surface area contributed by atoms with Crippen LogP contribution in [-0.2, 0) is 11.3 Å². The van der Waals surface area contributed by atoms with E-state index in [4.69, 9.17) is 10.5 Å². The van der Waals surface area contributed by atoms with E-state index in [1.807, 2.05) is 6.92 Å². The van der Waals surface area contributed by atoms with Crippen LogP contribution < -0.4 is 21.1 Å². The number of nitrogens with one attached hydrogen (secondary N) is 2. The number of amides is 5. The third-order valence-electron chi connectivity index (χ3n) is 6.05. The van der Waals surface area contributed by atoms with Gasteiger partial charge in [0.25, 0.3) is 5.91 Å². The number of nitrogens with zero attached hydrogens (tertiary/aromatic N) is 2. The Labute approximate surface area is 181 Å². The van der Waals surface area contributed by atoms with Gasteiger partial charge in [0.05, 0.1) is 13.7 Å². The van der Waals surface area contributed by atoms with E-state index in [0.717, 1.165) is 5.56 Å². The fourth-order valence-electron chi connectivity index (χ4n) is 4.45. The monoisotopic (exact) mass is 431 g/mol. The molecule has 2 aliphatic heterocycles. The van der Waals surface area contributed by atoms with Gasteiger partial charge >= 0.3 is 12.1 Å². The van der Waals surface area contributed by atoms with Crippen LogP contribution in [0.3, 0.4) is 0 Å². The van der Waals surface area contributed by atoms with Gasteiger partial charge in [-0.25, -0.2) is 9.59 Å². The van der Waals surface area contributed by atoms with Crippen LogP contribution in [0.15, 0.2) is 18.2 Å². The number of aldehydes is 1. The molecular weight excluding hydrogens is 402 g/mol. The Balaban J connectivity index is 1.78. The highest BCUT2D eigenvalue weighted by Crippen LogP contribution is 2.32. The number of fused-ring (bicyclic) bond motifs is 1. The number of ether oxygens (including phenoxy) is 1. The van der Waals surface area contributed by atoms with E-state index in [0.29, 0.717) is 56.6 Å². The summed E-state index contributed by atoms with van der Waals surface area (Å²) in [5.74, 6) is 0.159. The lowest BCUT2D eigenvalue weighted by atomic mass is 9.78. The van der Waals surface area contributed by atoms with Crippen LogP contribution in [0.5, 0.6) is 5.75 Å². The van der Waals surface area contributed by atoms with E-state index < -0.39 is 11.6 Å². The maximum absolute atomic E-state index is 12.9. The van der Waals surface area contributed by atoms with Crippen LogP contribution in [0.4, 0.5) is 9.59 Å². The Kier molecular flexibility index (Phi) is 6.67. The van der Waals surface area contributed by atoms with Gasteiger partial charge in [0.2, 0.25) is 0 Å². The molecule has 1 unspecified atom stereocenters. The number of hydrogen-bond donors (Lipinski definition) is 3. The number of nitrogens with two attached hydrogens (primary N) is 1. The van der Waals surface area contributed by atoms with Crippen molar-refractivity contribution < 1.29 is 23.9 Å². The number of likely N-dealkylation sites (tertiary alicyclic amines) is 1. The highest BCUT2D eigenvalue weighted by molar-refractivity contribution is 5.99. The van der Waals surface area contributed by atoms with E-state index >= 15 is 0 Å². The lowest BCUT2D eigenvalue weighted by Gasteiger charge is -2.43. The number of hydrogen-bond acceptors (Lipinski definition) is 5. The van der Waals surface area contributed by atoms with Crippen molar-refractivity contribution in [3.05, 3.63) is 29.3 Å². The van der Waals surface area contributed by atoms with Crippen LogP contribution in [-0.4, -0.2) is 72.9 Å². The minimum Gasteiger partial charge on any atom is -0.497 e. The van der Waals surface area contributed by atoms with Crippen molar-refractivity contribution in [3.8, 4) is 5.75 Å². The van der Waals surface area contributed by atoms with E-state index in [2.05, 4.69) is 10.6 Å². The van der Waals surface area contributed by atoms with Crippen molar-refractivity contribution in [1.29, 1.82) is 0 Å². The second-order valence-electron chi connectivity index (χ2n) is 7.93. The van der Waals surface area contributed by atoms with Crippen LogP contribution in [0.25, 0.3) is 0 Å². The average Bonchev–Trinajstić information content (AvgIpc) is 3.07. The third-order valence-corrected chi connectivity index (χ3v) is 6.05. The van der Waals surface area contributed by atoms with E-state index in [1.54, 1.807) is 35.1 Å². The SMILES string of the molecule is CCNC(=O)N1CCC(C(C=O)(CN2Cc3cc(OC)ccc3C2=O)NC(N)=O)CC1. The molecule has 0 bridgehead atoms. The Morgan fingerprint density at radius 3 is 2.61 bits per heavy atom. The lowest BCUT2D eigenvalue weighted by Crippen LogP contribution is -2.64. The zero-order chi connectivity index (χ0) is 22.6. The molecule has 2 heterocycles. The fraction of sp³-hybridized carbons (Fsp3) is 0.524. The molecule has 10 nitrogen and oxygen atoms in total. The summed E-state index contributed by atoms with van der Waals surface area (Å²) < 4.78 is 5.23. The Hall–Kier alpha value is -3.30. The highest BCUT2D eigenvalue weighted by atomic mass is 16.5. The molecule has 1 saturated heterocycles. The second-order valence-corrected chi connectivity index (χ2v) is 7.93. The molecular formula is C21H29N5O5. The number of rotatable bonds is 7. The molecule has 0 spiro atoms. The number of carbonyl (C=O) groups is 4. The normalized spacial score (nSPS) is 18.2. The number of primary amides is 1. The molecule has 1 aromatic rings. The second kappa shape index (κ2) is 9.23. The summed E-state index contributed by atoms with van der Waals surface area (Å²) in [5.41, 5.74) is 5.42. The van der Waals surface area contributed by atoms with Crippen LogP contribution in [0.2, 0.25) is 0 Å². The molecule has 168 valence electrons. The van der Waals surface area contributed by atoms with Gasteiger partial charge in [-0.3, -0.25) is 4.79 Å². The molecule has 3 rings (SSSR count). The number of carbonyl (C=O) groups excluding carboxylic acids is 4. The largest absolute Gasteiger partial charge is 0.497 e. The summed E-state index contributed by atoms with van der Waals surface area (Å²) in [4.78, 5) is 52.4. The molecule has 2 aliphatic rings. The van der Waals surface area contributed by atoms with Gasteiger partial charge in [0.1, 0.15) is 17.6 Å². The van der Waals surface area contributed by atoms with Gasteiger partial charge in [0.15, 0.2) is 0 Å². The van der Waals surface area contributed by atoms with Gasteiger partial charge in [-0.2, -0.15) is 0 Å². The van der Waals surface area contributed by atoms with Gasteiger partial charge < -0.3 is 35.7 Å². The standard InChI is InChI=1S/C21H29N5O5/c1-3-23-20(30)25-8-6-15(7-9-25)21(13-27,24-19(22)29)12-26-11-14-10-16(31-2)4-5-17(14)18(26)28/h4-5,10,13,15H,3,6-9,11-12H2,1-2H3,(H,23,30)(H3,22,24,29). The van der Waals surface area contributed by atoms with Crippen LogP contribution >= 0.6 is 0 Å². The Morgan fingerprint density at radius 2 is 2.03 bits per heavy atom. The van der Waals surface area contributed by atoms with E-state index in [9.17, 15) is 19.2 Å². The quantitative estimate of drug-likeness (QED) is 0.547. The van der Waals surface area contributed by atoms with E-state index in [-0.39, 0.29) is 24.4 Å². The van der Waals surface area contributed by atoms with Crippen LogP contribution in [0.1, 0.15) is 35.7 Å². The number of urea groups is 2. The maximum atomic E-state index is 12.9. The molecule has 0 radical (unpaired) electrons. The first-order valence-electron chi connectivity index (χ1n) is 10.4. The summed E-state index contributed by atoms with van der Waals surface area (Å²) in [7, 11) is 1.55. The summed E-state index contributed by atoms with van der Waals surface area (Å²) >= 11 is 0. The zero-order valence-corrected chi connectivity index (χ0v) is 17.8. The molecule has 4 N–H and O–H groups in total. The molecule has 0 aromatic heterocycles. The average molecular weight is 431 g/mol. The number of benzene rings is 1. The number of methoxy groups -OCH3 is 1. The van der Waals surface area contributed by atoms with Crippen molar-refractivity contribution in [2.75, 3.05) is 33.3 Å². The first kappa shape index (κ1) is 22.4. The molecule has 0 aliphatic carbocycles. The molecule has 1 aromatic carbocycles. The van der Waals surface area contributed by atoms with Gasteiger partial charge in [-0.05, 0) is 49.4 Å². The van der Waals surface area contributed by atoms with Crippen molar-refractivity contribution in [3.63, 3.8) is 0 Å². The number of piperidine rings is 1. The lowest BCUT2D eigenvalue weighted by molar-refractivity contribution is -0.116. The summed E-state index contributed by atoms with van der Waals surface area (Å²) in [6, 6.07) is 4.23. The summed E-state index contributed by atoms with van der Waals surface area (Å²) in [6.45, 7) is 3.57. The van der Waals surface area contributed by atoms with Crippen molar-refractivity contribution >= 4 is 24.3 Å². The summed E-state index contributed by atoms with van der Waals surface area (Å²) in [5, 5.41) is 5.38. The topological polar surface area (TPSA) is 134 Å². The molecule has 0 saturated carbocycles. The Bertz CT molecular complexity index is 868. The van der Waals surface area contributed by atoms with Crippen molar-refractivity contribution in [2.24, 2.45) is 11.7 Å². The minimum absolute atomic E-state index is 0.00108.